The third-order valence-corrected chi connectivity index (χ3v) is 5.54. The molecule has 2 atom stereocenters. The fourth-order valence-electron chi connectivity index (χ4n) is 2.62. The van der Waals surface area contributed by atoms with Crippen molar-refractivity contribution in [1.82, 2.24) is 14.9 Å². The molecule has 1 fully saturated rings. The molecule has 1 aromatic heterocycles. The zero-order valence-electron chi connectivity index (χ0n) is 15.0. The molecular formula is C17H21N3O6S. The summed E-state index contributed by atoms with van der Waals surface area (Å²) in [5.41, 5.74) is 0.219. The van der Waals surface area contributed by atoms with Crippen LogP contribution in [-0.4, -0.2) is 43.8 Å². The van der Waals surface area contributed by atoms with Gasteiger partial charge in [-0.15, -0.1) is 0 Å². The summed E-state index contributed by atoms with van der Waals surface area (Å²) in [6.07, 6.45) is 0.967. The van der Waals surface area contributed by atoms with Crippen LogP contribution in [0.1, 0.15) is 47.9 Å². The molecular weight excluding hydrogens is 374 g/mol. The minimum Gasteiger partial charge on any atom is -0.449 e. The minimum absolute atomic E-state index is 0.0672. The van der Waals surface area contributed by atoms with Crippen LogP contribution in [0.4, 0.5) is 0 Å². The zero-order valence-corrected chi connectivity index (χ0v) is 15.9. The van der Waals surface area contributed by atoms with Crippen LogP contribution in [-0.2, 0) is 19.5 Å². The van der Waals surface area contributed by atoms with Gasteiger partial charge in [0.25, 0.3) is 5.89 Å². The van der Waals surface area contributed by atoms with E-state index in [2.05, 4.69) is 14.9 Å². The molecule has 2 unspecified atom stereocenters. The van der Waals surface area contributed by atoms with Crippen LogP contribution in [0.15, 0.2) is 33.7 Å². The average molecular weight is 395 g/mol. The van der Waals surface area contributed by atoms with Crippen LogP contribution in [0.25, 0.3) is 0 Å². The first-order valence-corrected chi connectivity index (χ1v) is 10.1. The number of ether oxygens (including phenoxy) is 2. The number of aromatic nitrogens is 2. The topological polar surface area (TPSA) is 121 Å². The van der Waals surface area contributed by atoms with Gasteiger partial charge >= 0.3 is 5.97 Å². The maximum absolute atomic E-state index is 12.3. The van der Waals surface area contributed by atoms with Gasteiger partial charge in [-0.2, -0.15) is 4.98 Å². The molecule has 2 heterocycles. The molecule has 1 N–H and O–H groups in total. The van der Waals surface area contributed by atoms with Gasteiger partial charge < -0.3 is 14.0 Å². The third-order valence-electron chi connectivity index (χ3n) is 4.10. The van der Waals surface area contributed by atoms with Gasteiger partial charge in [-0.25, -0.2) is 17.9 Å². The van der Waals surface area contributed by atoms with Crippen molar-refractivity contribution in [3.05, 3.63) is 41.5 Å². The molecule has 27 heavy (non-hydrogen) atoms. The number of sulfonamides is 1. The van der Waals surface area contributed by atoms with E-state index in [1.165, 1.54) is 24.3 Å². The maximum atomic E-state index is 12.3. The van der Waals surface area contributed by atoms with Crippen molar-refractivity contribution >= 4 is 16.0 Å². The van der Waals surface area contributed by atoms with Gasteiger partial charge in [0.1, 0.15) is 0 Å². The SMILES string of the molecule is Cc1noc(C(C)OC(=O)c2ccc(S(=O)(=O)NCC3CCCO3)cc2)n1. The molecule has 1 aromatic carbocycles. The highest BCUT2D eigenvalue weighted by Gasteiger charge is 2.22. The fraction of sp³-hybridized carbons (Fsp3) is 0.471. The van der Waals surface area contributed by atoms with E-state index in [9.17, 15) is 13.2 Å². The van der Waals surface area contributed by atoms with Crippen LogP contribution >= 0.6 is 0 Å². The van der Waals surface area contributed by atoms with Crippen molar-refractivity contribution in [2.24, 2.45) is 0 Å². The van der Waals surface area contributed by atoms with E-state index in [4.69, 9.17) is 14.0 Å². The van der Waals surface area contributed by atoms with Crippen molar-refractivity contribution in [2.45, 2.75) is 43.8 Å². The molecule has 146 valence electrons. The van der Waals surface area contributed by atoms with Gasteiger partial charge in [0.15, 0.2) is 11.9 Å². The van der Waals surface area contributed by atoms with Gasteiger partial charge in [0.05, 0.1) is 16.6 Å². The molecule has 1 saturated heterocycles. The number of carbonyl (C=O) groups excluding carboxylic acids is 1. The van der Waals surface area contributed by atoms with E-state index in [1.807, 2.05) is 0 Å². The first-order valence-electron chi connectivity index (χ1n) is 8.57. The van der Waals surface area contributed by atoms with Gasteiger partial charge in [-0.05, 0) is 51.0 Å². The lowest BCUT2D eigenvalue weighted by Gasteiger charge is -2.12. The predicted octanol–water partition coefficient (Wildman–Crippen LogP) is 1.75. The number of hydrogen-bond acceptors (Lipinski definition) is 8. The molecule has 9 nitrogen and oxygen atoms in total. The Hall–Kier alpha value is -2.30. The molecule has 0 radical (unpaired) electrons. The highest BCUT2D eigenvalue weighted by molar-refractivity contribution is 7.89. The third kappa shape index (κ3) is 4.90. The van der Waals surface area contributed by atoms with Crippen molar-refractivity contribution in [3.63, 3.8) is 0 Å². The van der Waals surface area contributed by atoms with E-state index in [0.29, 0.717) is 12.4 Å². The molecule has 1 aliphatic heterocycles. The van der Waals surface area contributed by atoms with Crippen molar-refractivity contribution in [1.29, 1.82) is 0 Å². The summed E-state index contributed by atoms with van der Waals surface area (Å²) in [6.45, 7) is 4.16. The highest BCUT2D eigenvalue weighted by atomic mass is 32.2. The molecule has 10 heteroatoms. The van der Waals surface area contributed by atoms with Crippen LogP contribution < -0.4 is 4.72 Å². The molecule has 0 bridgehead atoms. The van der Waals surface area contributed by atoms with Crippen LogP contribution in [0, 0.1) is 6.92 Å². The first-order chi connectivity index (χ1) is 12.8. The van der Waals surface area contributed by atoms with Crippen molar-refractivity contribution in [2.75, 3.05) is 13.2 Å². The van der Waals surface area contributed by atoms with Crippen LogP contribution in [0.2, 0.25) is 0 Å². The highest BCUT2D eigenvalue weighted by Crippen LogP contribution is 2.18. The molecule has 0 amide bonds. The smallest absolute Gasteiger partial charge is 0.338 e. The Kier molecular flexibility index (Phi) is 5.88. The van der Waals surface area contributed by atoms with E-state index in [-0.39, 0.29) is 29.0 Å². The monoisotopic (exact) mass is 395 g/mol. The lowest BCUT2D eigenvalue weighted by atomic mass is 10.2. The average Bonchev–Trinajstić information content (AvgIpc) is 3.31. The number of nitrogens with one attached hydrogen (secondary N) is 1. The number of hydrogen-bond donors (Lipinski definition) is 1. The minimum atomic E-state index is -3.67. The summed E-state index contributed by atoms with van der Waals surface area (Å²) < 4.78 is 42.8. The number of esters is 1. The largest absolute Gasteiger partial charge is 0.449 e. The van der Waals surface area contributed by atoms with Crippen molar-refractivity contribution < 1.29 is 27.2 Å². The molecule has 0 aliphatic carbocycles. The van der Waals surface area contributed by atoms with E-state index >= 15 is 0 Å². The number of aryl methyl sites for hydroxylation is 1. The second kappa shape index (κ2) is 8.15. The van der Waals surface area contributed by atoms with E-state index in [0.717, 1.165) is 12.8 Å². The van der Waals surface area contributed by atoms with Gasteiger partial charge in [0, 0.05) is 13.2 Å². The number of rotatable bonds is 7. The van der Waals surface area contributed by atoms with Gasteiger partial charge in [-0.1, -0.05) is 5.16 Å². The molecule has 2 aromatic rings. The second-order valence-corrected chi connectivity index (χ2v) is 8.01. The van der Waals surface area contributed by atoms with Gasteiger partial charge in [-0.3, -0.25) is 0 Å². The fourth-order valence-corrected chi connectivity index (χ4v) is 3.69. The Labute approximate surface area is 157 Å². The molecule has 1 aliphatic rings. The second-order valence-electron chi connectivity index (χ2n) is 6.24. The zero-order chi connectivity index (χ0) is 19.4. The summed E-state index contributed by atoms with van der Waals surface area (Å²) in [7, 11) is -3.67. The van der Waals surface area contributed by atoms with Crippen molar-refractivity contribution in [3.8, 4) is 0 Å². The Bertz CT molecular complexity index is 888. The Morgan fingerprint density at radius 2 is 2.11 bits per heavy atom. The summed E-state index contributed by atoms with van der Waals surface area (Å²) in [5.74, 6) is 0.0194. The summed E-state index contributed by atoms with van der Waals surface area (Å²) in [6, 6.07) is 5.51. The number of carbonyl (C=O) groups is 1. The van der Waals surface area contributed by atoms with E-state index < -0.39 is 22.1 Å². The molecule has 0 spiro atoms. The summed E-state index contributed by atoms with van der Waals surface area (Å²) >= 11 is 0. The lowest BCUT2D eigenvalue weighted by Crippen LogP contribution is -2.31. The summed E-state index contributed by atoms with van der Waals surface area (Å²) in [5, 5.41) is 3.64. The summed E-state index contributed by atoms with van der Waals surface area (Å²) in [4.78, 5) is 16.3. The predicted molar refractivity (Wildman–Crippen MR) is 93.5 cm³/mol. The standard InChI is InChI=1S/C17H21N3O6S/c1-11(16-19-12(2)20-26-16)25-17(21)13-5-7-15(8-6-13)27(22,23)18-10-14-4-3-9-24-14/h5-8,11,14,18H,3-4,9-10H2,1-2H3. The van der Waals surface area contributed by atoms with E-state index in [1.54, 1.807) is 13.8 Å². The Morgan fingerprint density at radius 3 is 2.70 bits per heavy atom. The van der Waals surface area contributed by atoms with Crippen LogP contribution in [0.5, 0.6) is 0 Å². The lowest BCUT2D eigenvalue weighted by molar-refractivity contribution is 0.0265. The normalized spacial score (nSPS) is 18.4. The number of nitrogens with zero attached hydrogens (tertiary/aromatic N) is 2. The molecule has 0 saturated carbocycles. The Balaban J connectivity index is 1.60. The van der Waals surface area contributed by atoms with Crippen LogP contribution in [0.3, 0.4) is 0 Å². The maximum Gasteiger partial charge on any atom is 0.338 e. The molecule has 3 rings (SSSR count). The first kappa shape index (κ1) is 19.5. The quantitative estimate of drug-likeness (QED) is 0.704. The van der Waals surface area contributed by atoms with Gasteiger partial charge in [0.2, 0.25) is 10.0 Å². The Morgan fingerprint density at radius 1 is 1.37 bits per heavy atom. The number of benzene rings is 1.